The highest BCUT2D eigenvalue weighted by molar-refractivity contribution is 7.99. The number of amides is 1. The standard InChI is InChI=1S/C28H29N5O3S/c1-4-32(5-2)21-12-10-20(11-13-21)18-29-31-26(34)19-37-28-30-25-9-7-6-8-24(25)27(35)33(28)22-14-16-23(36-3)17-15-22/h6-18H,4-5,19H2,1-3H3,(H,31,34)/b29-18+. The highest BCUT2D eigenvalue weighted by Gasteiger charge is 2.15. The molecule has 4 rings (SSSR count). The van der Waals surface area contributed by atoms with Crippen molar-refractivity contribution in [1.29, 1.82) is 0 Å². The van der Waals surface area contributed by atoms with E-state index in [0.717, 1.165) is 24.3 Å². The largest absolute Gasteiger partial charge is 0.497 e. The van der Waals surface area contributed by atoms with Crippen LogP contribution in [0.15, 0.2) is 87.8 Å². The zero-order valence-electron chi connectivity index (χ0n) is 21.0. The normalized spacial score (nSPS) is 11.1. The SMILES string of the molecule is CCN(CC)c1ccc(/C=N/NC(=O)CSc2nc3ccccc3c(=O)n2-c2ccc(OC)cc2)cc1. The first-order valence-corrected chi connectivity index (χ1v) is 13.0. The summed E-state index contributed by atoms with van der Waals surface area (Å²) in [5.41, 5.74) is 5.59. The van der Waals surface area contributed by atoms with E-state index in [1.807, 2.05) is 30.3 Å². The summed E-state index contributed by atoms with van der Waals surface area (Å²) >= 11 is 1.17. The number of anilines is 1. The van der Waals surface area contributed by atoms with Crippen LogP contribution in [-0.4, -0.2) is 47.6 Å². The molecule has 37 heavy (non-hydrogen) atoms. The molecule has 0 aliphatic rings. The number of para-hydroxylation sites is 1. The number of fused-ring (bicyclic) bond motifs is 1. The fraction of sp³-hybridized carbons (Fsp3) is 0.214. The van der Waals surface area contributed by atoms with Crippen LogP contribution in [-0.2, 0) is 4.79 Å². The smallest absolute Gasteiger partial charge is 0.266 e. The van der Waals surface area contributed by atoms with Crippen molar-refractivity contribution in [3.05, 3.63) is 88.7 Å². The van der Waals surface area contributed by atoms with Gasteiger partial charge in [0.05, 0.1) is 35.7 Å². The summed E-state index contributed by atoms with van der Waals surface area (Å²) in [6.45, 7) is 6.12. The third kappa shape index (κ3) is 6.18. The van der Waals surface area contributed by atoms with Crippen molar-refractivity contribution in [2.45, 2.75) is 19.0 Å². The maximum Gasteiger partial charge on any atom is 0.266 e. The molecule has 3 aromatic carbocycles. The zero-order chi connectivity index (χ0) is 26.2. The number of aromatic nitrogens is 2. The summed E-state index contributed by atoms with van der Waals surface area (Å²) in [6, 6.07) is 22.3. The van der Waals surface area contributed by atoms with Crippen molar-refractivity contribution in [3.63, 3.8) is 0 Å². The third-order valence-electron chi connectivity index (χ3n) is 5.83. The number of hydrogen-bond acceptors (Lipinski definition) is 7. The number of nitrogens with zero attached hydrogens (tertiary/aromatic N) is 4. The van der Waals surface area contributed by atoms with Crippen LogP contribution in [0.2, 0.25) is 0 Å². The van der Waals surface area contributed by atoms with Crippen LogP contribution in [0.25, 0.3) is 16.6 Å². The molecule has 0 unspecified atom stereocenters. The number of hydrogen-bond donors (Lipinski definition) is 1. The molecule has 8 nitrogen and oxygen atoms in total. The first-order chi connectivity index (χ1) is 18.0. The highest BCUT2D eigenvalue weighted by atomic mass is 32.2. The van der Waals surface area contributed by atoms with E-state index in [4.69, 9.17) is 4.74 Å². The summed E-state index contributed by atoms with van der Waals surface area (Å²) in [5.74, 6) is 0.420. The van der Waals surface area contributed by atoms with E-state index in [9.17, 15) is 9.59 Å². The Labute approximate surface area is 220 Å². The highest BCUT2D eigenvalue weighted by Crippen LogP contribution is 2.23. The van der Waals surface area contributed by atoms with Gasteiger partial charge in [-0.15, -0.1) is 0 Å². The molecule has 0 bridgehead atoms. The van der Waals surface area contributed by atoms with E-state index in [2.05, 4.69) is 34.3 Å². The molecule has 1 heterocycles. The summed E-state index contributed by atoms with van der Waals surface area (Å²) < 4.78 is 6.75. The van der Waals surface area contributed by atoms with Gasteiger partial charge in [0.15, 0.2) is 5.16 Å². The number of carbonyl (C=O) groups is 1. The Morgan fingerprint density at radius 2 is 1.76 bits per heavy atom. The molecule has 0 atom stereocenters. The average Bonchev–Trinajstić information content (AvgIpc) is 2.93. The molecule has 0 radical (unpaired) electrons. The van der Waals surface area contributed by atoms with Crippen molar-refractivity contribution in [2.24, 2.45) is 5.10 Å². The fourth-order valence-electron chi connectivity index (χ4n) is 3.87. The summed E-state index contributed by atoms with van der Waals surface area (Å²) in [7, 11) is 1.59. The number of rotatable bonds is 10. The maximum atomic E-state index is 13.3. The summed E-state index contributed by atoms with van der Waals surface area (Å²) in [6.07, 6.45) is 1.61. The van der Waals surface area contributed by atoms with Crippen LogP contribution in [0.1, 0.15) is 19.4 Å². The number of hydrazone groups is 1. The molecule has 0 saturated heterocycles. The van der Waals surface area contributed by atoms with Gasteiger partial charge in [-0.1, -0.05) is 36.0 Å². The van der Waals surface area contributed by atoms with Gasteiger partial charge < -0.3 is 9.64 Å². The van der Waals surface area contributed by atoms with Gasteiger partial charge in [-0.2, -0.15) is 5.10 Å². The Balaban J connectivity index is 1.48. The van der Waals surface area contributed by atoms with Gasteiger partial charge in [0.1, 0.15) is 5.75 Å². The fourth-order valence-corrected chi connectivity index (χ4v) is 4.67. The lowest BCUT2D eigenvalue weighted by atomic mass is 10.2. The van der Waals surface area contributed by atoms with Crippen LogP contribution in [0.4, 0.5) is 5.69 Å². The number of carbonyl (C=O) groups excluding carboxylic acids is 1. The molecule has 190 valence electrons. The van der Waals surface area contributed by atoms with Crippen molar-refractivity contribution in [2.75, 3.05) is 30.9 Å². The van der Waals surface area contributed by atoms with E-state index in [1.165, 1.54) is 16.3 Å². The van der Waals surface area contributed by atoms with Gasteiger partial charge in [-0.3, -0.25) is 14.2 Å². The molecule has 0 saturated carbocycles. The minimum Gasteiger partial charge on any atom is -0.497 e. The van der Waals surface area contributed by atoms with Crippen molar-refractivity contribution >= 4 is 40.5 Å². The lowest BCUT2D eigenvalue weighted by Gasteiger charge is -2.20. The Morgan fingerprint density at radius 1 is 1.05 bits per heavy atom. The van der Waals surface area contributed by atoms with Gasteiger partial charge in [-0.25, -0.2) is 10.4 Å². The van der Waals surface area contributed by atoms with Crippen LogP contribution in [0, 0.1) is 0 Å². The van der Waals surface area contributed by atoms with Crippen LogP contribution in [0.3, 0.4) is 0 Å². The van der Waals surface area contributed by atoms with E-state index < -0.39 is 0 Å². The molecule has 1 amide bonds. The van der Waals surface area contributed by atoms with Crippen LogP contribution >= 0.6 is 11.8 Å². The quantitative estimate of drug-likeness (QED) is 0.145. The average molecular weight is 516 g/mol. The molecule has 0 aliphatic carbocycles. The number of methoxy groups -OCH3 is 1. The number of ether oxygens (including phenoxy) is 1. The Hall–Kier alpha value is -4.11. The number of nitrogens with one attached hydrogen (secondary N) is 1. The predicted octanol–water partition coefficient (Wildman–Crippen LogP) is 4.48. The van der Waals surface area contributed by atoms with Gasteiger partial charge in [0.25, 0.3) is 11.5 Å². The van der Waals surface area contributed by atoms with Crippen molar-refractivity contribution in [1.82, 2.24) is 15.0 Å². The molecule has 0 spiro atoms. The molecule has 0 fully saturated rings. The lowest BCUT2D eigenvalue weighted by molar-refractivity contribution is -0.118. The molecule has 0 aliphatic heterocycles. The zero-order valence-corrected chi connectivity index (χ0v) is 21.9. The first kappa shape index (κ1) is 26.0. The summed E-state index contributed by atoms with van der Waals surface area (Å²) in [5, 5.41) is 5.00. The number of benzene rings is 3. The second-order valence-corrected chi connectivity index (χ2v) is 9.04. The monoisotopic (exact) mass is 515 g/mol. The van der Waals surface area contributed by atoms with E-state index in [-0.39, 0.29) is 17.2 Å². The maximum absolute atomic E-state index is 13.3. The second-order valence-electron chi connectivity index (χ2n) is 8.10. The molecule has 9 heteroatoms. The minimum atomic E-state index is -0.301. The minimum absolute atomic E-state index is 0.0408. The Morgan fingerprint density at radius 3 is 2.43 bits per heavy atom. The van der Waals surface area contributed by atoms with E-state index in [0.29, 0.717) is 27.5 Å². The molecule has 1 aromatic heterocycles. The second kappa shape index (κ2) is 12.2. The Kier molecular flexibility index (Phi) is 8.58. The third-order valence-corrected chi connectivity index (χ3v) is 6.77. The van der Waals surface area contributed by atoms with E-state index >= 15 is 0 Å². The van der Waals surface area contributed by atoms with Crippen LogP contribution < -0.4 is 20.6 Å². The van der Waals surface area contributed by atoms with Gasteiger partial charge in [0.2, 0.25) is 0 Å². The predicted molar refractivity (Wildman–Crippen MR) is 150 cm³/mol. The van der Waals surface area contributed by atoms with Crippen LogP contribution in [0.5, 0.6) is 5.75 Å². The first-order valence-electron chi connectivity index (χ1n) is 12.0. The van der Waals surface area contributed by atoms with Gasteiger partial charge in [-0.05, 0) is 67.9 Å². The van der Waals surface area contributed by atoms with Crippen molar-refractivity contribution < 1.29 is 9.53 Å². The van der Waals surface area contributed by atoms with Gasteiger partial charge >= 0.3 is 0 Å². The lowest BCUT2D eigenvalue weighted by Crippen LogP contribution is -2.24. The molecule has 4 aromatic rings. The van der Waals surface area contributed by atoms with Crippen molar-refractivity contribution in [3.8, 4) is 11.4 Å². The molecule has 1 N–H and O–H groups in total. The van der Waals surface area contributed by atoms with E-state index in [1.54, 1.807) is 55.8 Å². The van der Waals surface area contributed by atoms with Gasteiger partial charge in [0, 0.05) is 18.8 Å². The number of thioether (sulfide) groups is 1. The molecular formula is C28H29N5O3S. The summed E-state index contributed by atoms with van der Waals surface area (Å²) in [4.78, 5) is 32.8. The Bertz CT molecular complexity index is 1450. The molecular weight excluding hydrogens is 486 g/mol. The topological polar surface area (TPSA) is 88.8 Å².